The fourth-order valence-electron chi connectivity index (χ4n) is 5.71. The lowest BCUT2D eigenvalue weighted by atomic mass is 9.51. The number of aliphatic hydroxyl groups is 1. The molecule has 4 aliphatic rings. The van der Waals surface area contributed by atoms with Crippen LogP contribution in [0.3, 0.4) is 0 Å². The number of aromatic hydroxyl groups is 1. The lowest BCUT2D eigenvalue weighted by Gasteiger charge is -2.58. The molecule has 2 fully saturated rings. The Bertz CT molecular complexity index is 633. The quantitative estimate of drug-likeness (QED) is 0.735. The Morgan fingerprint density at radius 1 is 1.32 bits per heavy atom. The second kappa shape index (κ2) is 4.37. The standard InChI is InChI=1S/C17H21NO3.H2O/c1-18-7-6-17-10-3-5-13(20)16(17)21-15-12(19)4-2-9(14(15)17)8-11(10)18;/h2,4,10-11,13,16,19-20H,3,5-8H2,1H3;1H2/t10-,11+,13-,16-,17-;/m0./s1. The molecule has 5 rings (SSSR count). The van der Waals surface area contributed by atoms with Gasteiger partial charge in [0.05, 0.1) is 6.10 Å². The van der Waals surface area contributed by atoms with Crippen LogP contribution in [0.4, 0.5) is 0 Å². The molecule has 2 aliphatic carbocycles. The molecular formula is C17H23NO4. The number of hydrogen-bond acceptors (Lipinski definition) is 4. The number of nitrogens with zero attached hydrogens (tertiary/aromatic N) is 1. The lowest BCUT2D eigenvalue weighted by molar-refractivity contribution is -0.0993. The first-order valence-electron chi connectivity index (χ1n) is 8.03. The van der Waals surface area contributed by atoms with E-state index >= 15 is 0 Å². The van der Waals surface area contributed by atoms with Gasteiger partial charge in [-0.2, -0.15) is 0 Å². The molecule has 2 aliphatic heterocycles. The first-order valence-corrected chi connectivity index (χ1v) is 8.03. The van der Waals surface area contributed by atoms with Gasteiger partial charge in [0.15, 0.2) is 11.5 Å². The van der Waals surface area contributed by atoms with Crippen molar-refractivity contribution < 1.29 is 20.4 Å². The molecule has 1 saturated carbocycles. The summed E-state index contributed by atoms with van der Waals surface area (Å²) in [4.78, 5) is 2.48. The van der Waals surface area contributed by atoms with Gasteiger partial charge < -0.3 is 25.3 Å². The van der Waals surface area contributed by atoms with Gasteiger partial charge in [-0.3, -0.25) is 0 Å². The van der Waals surface area contributed by atoms with Gasteiger partial charge in [-0.25, -0.2) is 0 Å². The summed E-state index contributed by atoms with van der Waals surface area (Å²) >= 11 is 0. The van der Waals surface area contributed by atoms with Crippen LogP contribution in [0, 0.1) is 5.92 Å². The van der Waals surface area contributed by atoms with E-state index in [-0.39, 0.29) is 22.7 Å². The van der Waals surface area contributed by atoms with Crippen molar-refractivity contribution in [2.24, 2.45) is 5.92 Å². The van der Waals surface area contributed by atoms with Crippen LogP contribution in [0.5, 0.6) is 11.5 Å². The highest BCUT2D eigenvalue weighted by atomic mass is 16.5. The Kier molecular flexibility index (Phi) is 2.84. The second-order valence-electron chi connectivity index (χ2n) is 7.28. The first kappa shape index (κ1) is 14.3. The summed E-state index contributed by atoms with van der Waals surface area (Å²) in [5.41, 5.74) is 2.46. The van der Waals surface area contributed by atoms with Crippen molar-refractivity contribution in [3.8, 4) is 11.5 Å². The van der Waals surface area contributed by atoms with Gasteiger partial charge >= 0.3 is 0 Å². The zero-order valence-electron chi connectivity index (χ0n) is 12.7. The van der Waals surface area contributed by atoms with E-state index in [0.717, 1.165) is 32.2 Å². The molecule has 4 N–H and O–H groups in total. The monoisotopic (exact) mass is 305 g/mol. The summed E-state index contributed by atoms with van der Waals surface area (Å²) in [6.45, 7) is 1.04. The molecule has 0 unspecified atom stereocenters. The molecule has 0 amide bonds. The van der Waals surface area contributed by atoms with Crippen LogP contribution >= 0.6 is 0 Å². The van der Waals surface area contributed by atoms with Crippen molar-refractivity contribution in [1.82, 2.24) is 4.90 Å². The lowest BCUT2D eigenvalue weighted by Crippen LogP contribution is -2.66. The van der Waals surface area contributed by atoms with Crippen LogP contribution in [0.1, 0.15) is 30.4 Å². The van der Waals surface area contributed by atoms with Gasteiger partial charge in [0.2, 0.25) is 0 Å². The van der Waals surface area contributed by atoms with E-state index in [1.54, 1.807) is 6.07 Å². The van der Waals surface area contributed by atoms with Crippen molar-refractivity contribution in [3.05, 3.63) is 23.3 Å². The molecule has 1 spiro atoms. The van der Waals surface area contributed by atoms with Crippen LogP contribution in [0.2, 0.25) is 0 Å². The normalized spacial score (nSPS) is 41.4. The zero-order chi connectivity index (χ0) is 14.4. The number of ether oxygens (including phenoxy) is 1. The van der Waals surface area contributed by atoms with Crippen molar-refractivity contribution in [2.75, 3.05) is 13.6 Å². The average Bonchev–Trinajstić information content (AvgIpc) is 2.83. The third kappa shape index (κ3) is 1.40. The number of aliphatic hydroxyl groups excluding tert-OH is 1. The number of phenolic OH excluding ortho intramolecular Hbond substituents is 1. The second-order valence-corrected chi connectivity index (χ2v) is 7.28. The maximum absolute atomic E-state index is 10.5. The van der Waals surface area contributed by atoms with Crippen LogP contribution < -0.4 is 4.74 Å². The van der Waals surface area contributed by atoms with E-state index in [9.17, 15) is 10.2 Å². The molecular weight excluding hydrogens is 282 g/mol. The van der Waals surface area contributed by atoms with Gasteiger partial charge in [0, 0.05) is 17.0 Å². The number of benzene rings is 1. The molecule has 5 heteroatoms. The highest BCUT2D eigenvalue weighted by molar-refractivity contribution is 5.60. The van der Waals surface area contributed by atoms with Gasteiger partial charge in [-0.1, -0.05) is 6.07 Å². The topological polar surface area (TPSA) is 84.4 Å². The molecule has 0 aromatic heterocycles. The number of phenols is 1. The minimum absolute atomic E-state index is 0. The average molecular weight is 305 g/mol. The molecule has 5 nitrogen and oxygen atoms in total. The number of likely N-dealkylation sites (tertiary alicyclic amines) is 1. The number of piperidine rings is 1. The van der Waals surface area contributed by atoms with Gasteiger partial charge in [-0.15, -0.1) is 0 Å². The Hall–Kier alpha value is -1.30. The Morgan fingerprint density at radius 2 is 2.14 bits per heavy atom. The van der Waals surface area contributed by atoms with Crippen LogP contribution in [-0.2, 0) is 11.8 Å². The summed E-state index contributed by atoms with van der Waals surface area (Å²) in [6.07, 6.45) is 3.35. The summed E-state index contributed by atoms with van der Waals surface area (Å²) in [7, 11) is 2.22. The minimum atomic E-state index is -0.414. The first-order chi connectivity index (χ1) is 10.1. The number of rotatable bonds is 0. The molecule has 120 valence electrons. The molecule has 0 radical (unpaired) electrons. The van der Waals surface area contributed by atoms with Crippen molar-refractivity contribution in [3.63, 3.8) is 0 Å². The summed E-state index contributed by atoms with van der Waals surface area (Å²) in [6, 6.07) is 4.36. The van der Waals surface area contributed by atoms with Crippen molar-refractivity contribution >= 4 is 0 Å². The fourth-order valence-corrected chi connectivity index (χ4v) is 5.71. The third-order valence-corrected chi connectivity index (χ3v) is 6.56. The largest absolute Gasteiger partial charge is 0.504 e. The molecule has 1 saturated heterocycles. The van der Waals surface area contributed by atoms with E-state index in [1.807, 2.05) is 0 Å². The maximum atomic E-state index is 10.5. The molecule has 22 heavy (non-hydrogen) atoms. The van der Waals surface area contributed by atoms with Crippen LogP contribution in [0.25, 0.3) is 0 Å². The van der Waals surface area contributed by atoms with E-state index in [4.69, 9.17) is 4.74 Å². The number of hydrogen-bond donors (Lipinski definition) is 2. The van der Waals surface area contributed by atoms with Crippen molar-refractivity contribution in [2.45, 2.75) is 49.3 Å². The summed E-state index contributed by atoms with van der Waals surface area (Å²) in [5.74, 6) is 1.44. The highest BCUT2D eigenvalue weighted by Crippen LogP contribution is 2.63. The number of likely N-dealkylation sites (N-methyl/N-ethyl adjacent to an activating group) is 1. The predicted octanol–water partition coefficient (Wildman–Crippen LogP) is 0.597. The van der Waals surface area contributed by atoms with Crippen molar-refractivity contribution in [1.29, 1.82) is 0 Å². The predicted molar refractivity (Wildman–Crippen MR) is 81.3 cm³/mol. The van der Waals surface area contributed by atoms with Gasteiger partial charge in [0.1, 0.15) is 6.10 Å². The fraction of sp³-hybridized carbons (Fsp3) is 0.647. The highest BCUT2D eigenvalue weighted by Gasteiger charge is 2.65. The summed E-state index contributed by atoms with van der Waals surface area (Å²) < 4.78 is 6.14. The van der Waals surface area contributed by atoms with E-state index in [1.165, 1.54) is 11.1 Å². The molecule has 5 atom stereocenters. The molecule has 1 aromatic rings. The van der Waals surface area contributed by atoms with E-state index < -0.39 is 6.10 Å². The smallest absolute Gasteiger partial charge is 0.165 e. The van der Waals surface area contributed by atoms with E-state index in [0.29, 0.717) is 17.7 Å². The molecule has 2 heterocycles. The van der Waals surface area contributed by atoms with Crippen LogP contribution in [-0.4, -0.2) is 52.4 Å². The van der Waals surface area contributed by atoms with Crippen LogP contribution in [0.15, 0.2) is 12.1 Å². The van der Waals surface area contributed by atoms with E-state index in [2.05, 4.69) is 18.0 Å². The third-order valence-electron chi connectivity index (χ3n) is 6.56. The minimum Gasteiger partial charge on any atom is -0.504 e. The molecule has 1 aromatic carbocycles. The van der Waals surface area contributed by atoms with Gasteiger partial charge in [-0.05, 0) is 56.8 Å². The molecule has 2 bridgehead atoms. The maximum Gasteiger partial charge on any atom is 0.165 e. The summed E-state index contributed by atoms with van der Waals surface area (Å²) in [5, 5.41) is 20.8. The zero-order valence-corrected chi connectivity index (χ0v) is 12.7. The Balaban J connectivity index is 0.00000125. The SMILES string of the molecule is CN1CC[C@]23c4c5ccc(O)c4O[C@H]2[C@@H](O)CC[C@H]3[C@H]1C5.O. The Morgan fingerprint density at radius 3 is 2.95 bits per heavy atom. The van der Waals surface area contributed by atoms with Gasteiger partial charge in [0.25, 0.3) is 0 Å². The Labute approximate surface area is 129 Å².